The molecule has 2 aromatic heterocycles. The highest BCUT2D eigenvalue weighted by Crippen LogP contribution is 2.14. The Hall–Kier alpha value is -3.94. The molecule has 8 heteroatoms. The lowest BCUT2D eigenvalue weighted by Gasteiger charge is -2.08. The molecular weight excluding hydrogens is 394 g/mol. The molecule has 0 saturated carbocycles. The van der Waals surface area contributed by atoms with Crippen molar-refractivity contribution >= 4 is 16.8 Å². The minimum Gasteiger partial charge on any atom is -0.497 e. The van der Waals surface area contributed by atoms with Crippen LogP contribution in [-0.4, -0.2) is 32.3 Å². The van der Waals surface area contributed by atoms with E-state index in [0.717, 1.165) is 22.7 Å². The summed E-state index contributed by atoms with van der Waals surface area (Å²) in [6, 6.07) is 14.9. The Morgan fingerprint density at radius 2 is 1.94 bits per heavy atom. The van der Waals surface area contributed by atoms with Gasteiger partial charge < -0.3 is 10.1 Å². The molecule has 0 fully saturated rings. The third kappa shape index (κ3) is 4.48. The Morgan fingerprint density at radius 3 is 2.71 bits per heavy atom. The number of hydrogen-bond acceptors (Lipinski definition) is 5. The van der Waals surface area contributed by atoms with Gasteiger partial charge in [-0.15, -0.1) is 0 Å². The predicted octanol–water partition coefficient (Wildman–Crippen LogP) is 2.61. The van der Waals surface area contributed by atoms with E-state index in [0.29, 0.717) is 17.4 Å². The second-order valence-electron chi connectivity index (χ2n) is 7.19. The highest BCUT2D eigenvalue weighted by molar-refractivity contribution is 5.80. The molecule has 1 N–H and O–H groups in total. The molecule has 158 valence electrons. The molecule has 8 nitrogen and oxygen atoms in total. The van der Waals surface area contributed by atoms with Gasteiger partial charge in [0.1, 0.15) is 5.75 Å². The van der Waals surface area contributed by atoms with Crippen LogP contribution in [0.1, 0.15) is 17.7 Å². The number of ether oxygens (including phenoxy) is 1. The topological polar surface area (TPSA) is 91.0 Å². The summed E-state index contributed by atoms with van der Waals surface area (Å²) in [4.78, 5) is 29.3. The van der Waals surface area contributed by atoms with Crippen molar-refractivity contribution in [2.24, 2.45) is 0 Å². The Bertz CT molecular complexity index is 1270. The van der Waals surface area contributed by atoms with Gasteiger partial charge in [0, 0.05) is 19.2 Å². The van der Waals surface area contributed by atoms with Crippen molar-refractivity contribution in [2.75, 3.05) is 7.11 Å². The molecule has 0 aliphatic rings. The predicted molar refractivity (Wildman–Crippen MR) is 117 cm³/mol. The number of carbonyl (C=O) groups excluding carboxylic acids is 1. The van der Waals surface area contributed by atoms with Gasteiger partial charge in [-0.25, -0.2) is 9.67 Å². The van der Waals surface area contributed by atoms with Crippen molar-refractivity contribution in [2.45, 2.75) is 26.4 Å². The molecule has 2 aromatic carbocycles. The molecule has 0 aliphatic carbocycles. The van der Waals surface area contributed by atoms with Crippen molar-refractivity contribution in [3.05, 3.63) is 82.7 Å². The summed E-state index contributed by atoms with van der Waals surface area (Å²) in [5.74, 6) is 0.620. The number of benzene rings is 2. The summed E-state index contributed by atoms with van der Waals surface area (Å²) in [5, 5.41) is 7.89. The lowest BCUT2D eigenvalue weighted by Crippen LogP contribution is -2.27. The quantitative estimate of drug-likeness (QED) is 0.499. The number of nitrogens with zero attached hydrogens (tertiary/aromatic N) is 4. The number of aromatic nitrogens is 4. The van der Waals surface area contributed by atoms with Gasteiger partial charge in [-0.2, -0.15) is 5.10 Å². The van der Waals surface area contributed by atoms with Gasteiger partial charge in [0.05, 0.1) is 42.3 Å². The number of nitrogens with one attached hydrogen (secondary N) is 1. The van der Waals surface area contributed by atoms with Crippen LogP contribution in [0.4, 0.5) is 0 Å². The van der Waals surface area contributed by atoms with Crippen LogP contribution in [0.25, 0.3) is 16.6 Å². The third-order valence-electron chi connectivity index (χ3n) is 5.08. The molecule has 0 saturated heterocycles. The minimum atomic E-state index is -0.157. The second kappa shape index (κ2) is 8.83. The maximum Gasteiger partial charge on any atom is 0.261 e. The summed E-state index contributed by atoms with van der Waals surface area (Å²) in [7, 11) is 1.62. The maximum atomic E-state index is 12.6. The lowest BCUT2D eigenvalue weighted by atomic mass is 10.1. The van der Waals surface area contributed by atoms with Crippen LogP contribution in [0.2, 0.25) is 0 Å². The first-order chi connectivity index (χ1) is 15.0. The van der Waals surface area contributed by atoms with Gasteiger partial charge in [-0.3, -0.25) is 14.2 Å². The zero-order valence-corrected chi connectivity index (χ0v) is 17.4. The van der Waals surface area contributed by atoms with Crippen LogP contribution in [0.5, 0.6) is 5.75 Å². The number of hydrogen-bond donors (Lipinski definition) is 1. The fourth-order valence-corrected chi connectivity index (χ4v) is 3.33. The van der Waals surface area contributed by atoms with E-state index in [1.807, 2.05) is 55.6 Å². The molecule has 2 heterocycles. The monoisotopic (exact) mass is 417 g/mol. The molecule has 1 amide bonds. The Labute approximate surface area is 179 Å². The van der Waals surface area contributed by atoms with E-state index < -0.39 is 0 Å². The van der Waals surface area contributed by atoms with Crippen LogP contribution < -0.4 is 15.6 Å². The zero-order chi connectivity index (χ0) is 21.8. The van der Waals surface area contributed by atoms with Crippen molar-refractivity contribution in [3.63, 3.8) is 0 Å². The van der Waals surface area contributed by atoms with Crippen LogP contribution in [0, 0.1) is 6.92 Å². The molecular formula is C23H23N5O3. The van der Waals surface area contributed by atoms with Gasteiger partial charge in [-0.05, 0) is 48.9 Å². The Balaban J connectivity index is 1.34. The molecule has 4 aromatic rings. The largest absolute Gasteiger partial charge is 0.497 e. The number of aryl methyl sites for hydroxylation is 2. The van der Waals surface area contributed by atoms with Gasteiger partial charge in [-0.1, -0.05) is 12.1 Å². The average molecular weight is 417 g/mol. The van der Waals surface area contributed by atoms with Gasteiger partial charge >= 0.3 is 0 Å². The van der Waals surface area contributed by atoms with E-state index in [1.54, 1.807) is 17.9 Å². The van der Waals surface area contributed by atoms with Gasteiger partial charge in [0.25, 0.3) is 5.56 Å². The molecule has 0 aliphatic heterocycles. The lowest BCUT2D eigenvalue weighted by molar-refractivity contribution is -0.121. The smallest absolute Gasteiger partial charge is 0.261 e. The summed E-state index contributed by atoms with van der Waals surface area (Å²) in [6.07, 6.45) is 3.52. The van der Waals surface area contributed by atoms with Crippen molar-refractivity contribution in [1.29, 1.82) is 0 Å². The molecule has 0 atom stereocenters. The van der Waals surface area contributed by atoms with Gasteiger partial charge in [0.2, 0.25) is 5.91 Å². The molecule has 0 unspecified atom stereocenters. The Morgan fingerprint density at radius 1 is 1.13 bits per heavy atom. The number of amides is 1. The fourth-order valence-electron chi connectivity index (χ4n) is 3.33. The zero-order valence-electron chi connectivity index (χ0n) is 17.4. The molecule has 31 heavy (non-hydrogen) atoms. The first-order valence-electron chi connectivity index (χ1n) is 9.95. The van der Waals surface area contributed by atoms with Crippen LogP contribution in [-0.2, 0) is 17.9 Å². The average Bonchev–Trinajstić information content (AvgIpc) is 3.27. The molecule has 4 rings (SSSR count). The maximum absolute atomic E-state index is 12.6. The minimum absolute atomic E-state index is 0.139. The normalized spacial score (nSPS) is 10.9. The van der Waals surface area contributed by atoms with Gasteiger partial charge in [0.15, 0.2) is 0 Å². The van der Waals surface area contributed by atoms with E-state index >= 15 is 0 Å². The third-order valence-corrected chi connectivity index (χ3v) is 5.08. The molecule has 0 spiro atoms. The van der Waals surface area contributed by atoms with Crippen LogP contribution in [0.15, 0.2) is 65.8 Å². The van der Waals surface area contributed by atoms with E-state index in [4.69, 9.17) is 4.74 Å². The van der Waals surface area contributed by atoms with Crippen molar-refractivity contribution in [1.82, 2.24) is 24.6 Å². The number of rotatable bonds is 7. The molecule has 0 radical (unpaired) electrons. The van der Waals surface area contributed by atoms with E-state index in [1.165, 1.54) is 10.9 Å². The summed E-state index contributed by atoms with van der Waals surface area (Å²) < 4.78 is 8.37. The summed E-state index contributed by atoms with van der Waals surface area (Å²) in [6.45, 7) is 2.50. The number of carbonyl (C=O) groups is 1. The SMILES string of the molecule is COc1ccc(-n2ccc(CNC(=O)CCn3cnc4c(C)cccc4c3=O)n2)cc1. The summed E-state index contributed by atoms with van der Waals surface area (Å²) >= 11 is 0. The van der Waals surface area contributed by atoms with E-state index in [-0.39, 0.29) is 24.4 Å². The first-order valence-corrected chi connectivity index (χ1v) is 9.95. The van der Waals surface area contributed by atoms with Crippen LogP contribution >= 0.6 is 0 Å². The van der Waals surface area contributed by atoms with E-state index in [2.05, 4.69) is 15.4 Å². The van der Waals surface area contributed by atoms with Crippen molar-refractivity contribution < 1.29 is 9.53 Å². The number of methoxy groups -OCH3 is 1. The van der Waals surface area contributed by atoms with Crippen molar-refractivity contribution in [3.8, 4) is 11.4 Å². The van der Waals surface area contributed by atoms with E-state index in [9.17, 15) is 9.59 Å². The Kier molecular flexibility index (Phi) is 5.79. The standard InChI is InChI=1S/C23H23N5O3/c1-16-4-3-5-20-22(16)25-15-27(23(20)30)12-11-21(29)24-14-17-10-13-28(26-17)18-6-8-19(31-2)9-7-18/h3-10,13,15H,11-12,14H2,1-2H3,(H,24,29). The first kappa shape index (κ1) is 20.3. The molecule has 0 bridgehead atoms. The second-order valence-corrected chi connectivity index (χ2v) is 7.19. The number of para-hydroxylation sites is 1. The highest BCUT2D eigenvalue weighted by Gasteiger charge is 2.09. The highest BCUT2D eigenvalue weighted by atomic mass is 16.5. The fraction of sp³-hybridized carbons (Fsp3) is 0.217. The summed E-state index contributed by atoms with van der Waals surface area (Å²) in [5.41, 5.74) is 3.15. The number of fused-ring (bicyclic) bond motifs is 1. The van der Waals surface area contributed by atoms with Crippen LogP contribution in [0.3, 0.4) is 0 Å².